The highest BCUT2D eigenvalue weighted by Crippen LogP contribution is 2.23. The van der Waals surface area contributed by atoms with E-state index in [0.717, 1.165) is 6.42 Å². The summed E-state index contributed by atoms with van der Waals surface area (Å²) in [6.07, 6.45) is 6.20. The first-order valence-corrected chi connectivity index (χ1v) is 7.22. The minimum Gasteiger partial charge on any atom is -0.352 e. The lowest BCUT2D eigenvalue weighted by Crippen LogP contribution is -2.41. The van der Waals surface area contributed by atoms with Crippen LogP contribution in [0.25, 0.3) is 0 Å². The van der Waals surface area contributed by atoms with Crippen molar-refractivity contribution in [3.8, 4) is 0 Å². The maximum atomic E-state index is 11.8. The molecule has 1 aliphatic carbocycles. The molecular formula is C11H19N5OS. The van der Waals surface area contributed by atoms with Crippen molar-refractivity contribution >= 4 is 17.7 Å². The van der Waals surface area contributed by atoms with Crippen molar-refractivity contribution in [1.29, 1.82) is 0 Å². The van der Waals surface area contributed by atoms with Crippen LogP contribution in [-0.4, -0.2) is 32.6 Å². The largest absolute Gasteiger partial charge is 0.352 e. The van der Waals surface area contributed by atoms with Gasteiger partial charge in [0.25, 0.3) is 0 Å². The number of nitrogens with one attached hydrogen (secondary N) is 1. The van der Waals surface area contributed by atoms with Gasteiger partial charge in [0.05, 0.1) is 5.75 Å². The molecule has 1 fully saturated rings. The highest BCUT2D eigenvalue weighted by molar-refractivity contribution is 7.99. The smallest absolute Gasteiger partial charge is 0.230 e. The second kappa shape index (κ2) is 6.08. The van der Waals surface area contributed by atoms with Gasteiger partial charge in [0.2, 0.25) is 11.1 Å². The van der Waals surface area contributed by atoms with E-state index in [2.05, 4.69) is 22.4 Å². The van der Waals surface area contributed by atoms with Crippen LogP contribution in [0.3, 0.4) is 0 Å². The molecule has 3 N–H and O–H groups in total. The van der Waals surface area contributed by atoms with E-state index in [1.165, 1.54) is 42.0 Å². The number of amides is 1. The van der Waals surface area contributed by atoms with Crippen molar-refractivity contribution in [2.24, 2.45) is 5.92 Å². The highest BCUT2D eigenvalue weighted by Gasteiger charge is 2.22. The molecule has 1 aromatic heterocycles. The zero-order valence-corrected chi connectivity index (χ0v) is 11.3. The Kier molecular flexibility index (Phi) is 4.46. The fraction of sp³-hybridized carbons (Fsp3) is 0.727. The first kappa shape index (κ1) is 13.2. The molecule has 2 atom stereocenters. The minimum absolute atomic E-state index is 0.0433. The van der Waals surface area contributed by atoms with Gasteiger partial charge < -0.3 is 11.2 Å². The maximum absolute atomic E-state index is 11.8. The van der Waals surface area contributed by atoms with Crippen molar-refractivity contribution in [3.63, 3.8) is 0 Å². The summed E-state index contributed by atoms with van der Waals surface area (Å²) < 4.78 is 1.32. The third kappa shape index (κ3) is 3.38. The quantitative estimate of drug-likeness (QED) is 0.623. The molecule has 0 radical (unpaired) electrons. The topological polar surface area (TPSA) is 85.8 Å². The van der Waals surface area contributed by atoms with E-state index in [1.54, 1.807) is 0 Å². The van der Waals surface area contributed by atoms with Crippen LogP contribution in [-0.2, 0) is 4.79 Å². The summed E-state index contributed by atoms with van der Waals surface area (Å²) in [6.45, 7) is 2.20. The molecule has 0 aromatic carbocycles. The van der Waals surface area contributed by atoms with Crippen LogP contribution in [0.4, 0.5) is 0 Å². The van der Waals surface area contributed by atoms with Crippen molar-refractivity contribution < 1.29 is 4.79 Å². The lowest BCUT2D eigenvalue weighted by Gasteiger charge is -2.29. The van der Waals surface area contributed by atoms with Crippen LogP contribution >= 0.6 is 11.8 Å². The Morgan fingerprint density at radius 3 is 3.06 bits per heavy atom. The number of nitrogen functional groups attached to an aromatic ring is 1. The van der Waals surface area contributed by atoms with E-state index in [0.29, 0.717) is 22.9 Å². The van der Waals surface area contributed by atoms with Gasteiger partial charge in [-0.2, -0.15) is 0 Å². The fourth-order valence-electron chi connectivity index (χ4n) is 2.24. The van der Waals surface area contributed by atoms with E-state index in [1.807, 2.05) is 0 Å². The molecule has 7 heteroatoms. The summed E-state index contributed by atoms with van der Waals surface area (Å²) in [5, 5.41) is 11.1. The average molecular weight is 269 g/mol. The van der Waals surface area contributed by atoms with E-state index < -0.39 is 0 Å². The van der Waals surface area contributed by atoms with Gasteiger partial charge in [-0.15, -0.1) is 10.2 Å². The van der Waals surface area contributed by atoms with Gasteiger partial charge in [-0.25, -0.2) is 4.68 Å². The summed E-state index contributed by atoms with van der Waals surface area (Å²) in [5.74, 6) is 6.52. The van der Waals surface area contributed by atoms with Crippen LogP contribution < -0.4 is 11.2 Å². The molecule has 1 saturated carbocycles. The normalized spacial score (nSPS) is 23.8. The molecule has 100 valence electrons. The van der Waals surface area contributed by atoms with Crippen molar-refractivity contribution in [1.82, 2.24) is 20.2 Å². The van der Waals surface area contributed by atoms with Crippen LogP contribution in [0.2, 0.25) is 0 Å². The molecule has 0 spiro atoms. The van der Waals surface area contributed by atoms with Gasteiger partial charge in [0.15, 0.2) is 0 Å². The molecule has 1 aromatic rings. The Morgan fingerprint density at radius 1 is 1.61 bits per heavy atom. The molecule has 6 nitrogen and oxygen atoms in total. The monoisotopic (exact) mass is 269 g/mol. The molecule has 0 bridgehead atoms. The van der Waals surface area contributed by atoms with Crippen molar-refractivity contribution in [2.75, 3.05) is 11.6 Å². The van der Waals surface area contributed by atoms with E-state index in [9.17, 15) is 4.79 Å². The second-order valence-electron chi connectivity index (χ2n) is 4.75. The Hall–Kier alpha value is -1.24. The molecule has 1 amide bonds. The molecule has 1 aliphatic rings. The first-order valence-electron chi connectivity index (χ1n) is 6.24. The van der Waals surface area contributed by atoms with Crippen LogP contribution in [0, 0.1) is 5.92 Å². The van der Waals surface area contributed by atoms with Gasteiger partial charge in [0, 0.05) is 6.04 Å². The molecule has 2 rings (SSSR count). The number of hydrogen-bond acceptors (Lipinski definition) is 5. The third-order valence-corrected chi connectivity index (χ3v) is 4.29. The number of thioether (sulfide) groups is 1. The van der Waals surface area contributed by atoms with E-state index >= 15 is 0 Å². The second-order valence-corrected chi connectivity index (χ2v) is 5.69. The van der Waals surface area contributed by atoms with Gasteiger partial charge in [0.1, 0.15) is 6.33 Å². The van der Waals surface area contributed by atoms with Crippen LogP contribution in [0.15, 0.2) is 11.5 Å². The van der Waals surface area contributed by atoms with E-state index in [-0.39, 0.29) is 5.91 Å². The Bertz CT molecular complexity index is 408. The number of carbonyl (C=O) groups excluding carboxylic acids is 1. The molecular weight excluding hydrogens is 250 g/mol. The molecule has 18 heavy (non-hydrogen) atoms. The number of nitrogens with two attached hydrogens (primary N) is 1. The first-order chi connectivity index (χ1) is 8.66. The molecule has 1 heterocycles. The maximum Gasteiger partial charge on any atom is 0.230 e. The number of rotatable bonds is 4. The standard InChI is InChI=1S/C11H19N5OS/c1-8-4-2-3-5-9(8)14-10(17)6-18-11-15-13-7-16(11)12/h7-9H,2-6,12H2,1H3,(H,14,17)/t8-,9-/m0/s1. The van der Waals surface area contributed by atoms with Gasteiger partial charge >= 0.3 is 0 Å². The van der Waals surface area contributed by atoms with Crippen LogP contribution in [0.1, 0.15) is 32.6 Å². The van der Waals surface area contributed by atoms with Crippen molar-refractivity contribution in [2.45, 2.75) is 43.8 Å². The summed E-state index contributed by atoms with van der Waals surface area (Å²) in [4.78, 5) is 11.8. The Morgan fingerprint density at radius 2 is 2.39 bits per heavy atom. The Balaban J connectivity index is 1.76. The number of nitrogens with zero attached hydrogens (tertiary/aromatic N) is 3. The third-order valence-electron chi connectivity index (χ3n) is 3.33. The predicted octanol–water partition coefficient (Wildman–Crippen LogP) is 0.779. The minimum atomic E-state index is 0.0433. The van der Waals surface area contributed by atoms with E-state index in [4.69, 9.17) is 5.84 Å². The average Bonchev–Trinajstić information content (AvgIpc) is 2.75. The van der Waals surface area contributed by atoms with Gasteiger partial charge in [-0.1, -0.05) is 31.5 Å². The lowest BCUT2D eigenvalue weighted by molar-refractivity contribution is -0.119. The molecule has 0 unspecified atom stereocenters. The van der Waals surface area contributed by atoms with Gasteiger partial charge in [-0.3, -0.25) is 4.79 Å². The number of carbonyl (C=O) groups is 1. The summed E-state index contributed by atoms with van der Waals surface area (Å²) >= 11 is 1.30. The highest BCUT2D eigenvalue weighted by atomic mass is 32.2. The van der Waals surface area contributed by atoms with Crippen molar-refractivity contribution in [3.05, 3.63) is 6.33 Å². The zero-order chi connectivity index (χ0) is 13.0. The summed E-state index contributed by atoms with van der Waals surface area (Å²) in [5.41, 5.74) is 0. The SMILES string of the molecule is C[C@H]1CCCC[C@@H]1NC(=O)CSc1nncn1N. The zero-order valence-electron chi connectivity index (χ0n) is 10.5. The number of aromatic nitrogens is 3. The van der Waals surface area contributed by atoms with Crippen LogP contribution in [0.5, 0.6) is 0 Å². The summed E-state index contributed by atoms with van der Waals surface area (Å²) in [6, 6.07) is 0.322. The number of hydrogen-bond donors (Lipinski definition) is 2. The molecule has 0 aliphatic heterocycles. The summed E-state index contributed by atoms with van der Waals surface area (Å²) in [7, 11) is 0. The predicted molar refractivity (Wildman–Crippen MR) is 70.5 cm³/mol. The lowest BCUT2D eigenvalue weighted by atomic mass is 9.86. The van der Waals surface area contributed by atoms with Gasteiger partial charge in [-0.05, 0) is 18.8 Å². The Labute approximate surface area is 111 Å². The molecule has 0 saturated heterocycles. The fourth-order valence-corrected chi connectivity index (χ4v) is 2.89.